The second-order valence-electron chi connectivity index (χ2n) is 6.46. The number of anilines is 1. The van der Waals surface area contributed by atoms with Crippen molar-refractivity contribution in [1.29, 1.82) is 0 Å². The third-order valence-electron chi connectivity index (χ3n) is 4.60. The molecule has 2 heterocycles. The molecule has 0 saturated heterocycles. The number of rotatable bonds is 3. The zero-order chi connectivity index (χ0) is 19.6. The Morgan fingerprint density at radius 1 is 0.828 bits per heavy atom. The lowest BCUT2D eigenvalue weighted by molar-refractivity contribution is 0.618. The molecule has 0 saturated carbocycles. The van der Waals surface area contributed by atoms with Crippen LogP contribution in [-0.4, -0.2) is 9.97 Å². The molecule has 5 rings (SSSR count). The van der Waals surface area contributed by atoms with Crippen LogP contribution in [0, 0.1) is 0 Å². The lowest BCUT2D eigenvalue weighted by atomic mass is 10.1. The summed E-state index contributed by atoms with van der Waals surface area (Å²) in [6.45, 7) is 0. The van der Waals surface area contributed by atoms with Crippen LogP contribution in [0.2, 0.25) is 5.02 Å². The van der Waals surface area contributed by atoms with Gasteiger partial charge in [-0.25, -0.2) is 9.97 Å². The van der Waals surface area contributed by atoms with Gasteiger partial charge in [0, 0.05) is 27.4 Å². The topological polar surface area (TPSA) is 63.3 Å². The Balaban J connectivity index is 1.66. The number of aromatic nitrogens is 2. The van der Waals surface area contributed by atoms with Crippen LogP contribution in [-0.2, 0) is 0 Å². The summed E-state index contributed by atoms with van der Waals surface area (Å²) in [6.07, 6.45) is 1.53. The monoisotopic (exact) mass is 398 g/mol. The smallest absolute Gasteiger partial charge is 0.157 e. The second kappa shape index (κ2) is 7.37. The molecule has 0 aliphatic heterocycles. The molecule has 0 atom stereocenters. The minimum atomic E-state index is 0.647. The van der Waals surface area contributed by atoms with Gasteiger partial charge in [-0.2, -0.15) is 5.10 Å². The Morgan fingerprint density at radius 2 is 1.59 bits per heavy atom. The third kappa shape index (κ3) is 3.44. The molecule has 3 aromatic carbocycles. The van der Waals surface area contributed by atoms with Gasteiger partial charge in [-0.05, 0) is 48.5 Å². The van der Waals surface area contributed by atoms with E-state index in [0.29, 0.717) is 16.6 Å². The minimum absolute atomic E-state index is 0.647. The molecular weight excluding hydrogens is 384 g/mol. The van der Waals surface area contributed by atoms with Crippen molar-refractivity contribution >= 4 is 39.3 Å². The van der Waals surface area contributed by atoms with Crippen molar-refractivity contribution in [2.45, 2.75) is 0 Å². The first-order valence-corrected chi connectivity index (χ1v) is 9.44. The van der Waals surface area contributed by atoms with Crippen LogP contribution in [0.3, 0.4) is 0 Å². The van der Waals surface area contributed by atoms with Gasteiger partial charge in [-0.15, -0.1) is 0 Å². The van der Waals surface area contributed by atoms with Crippen LogP contribution < -0.4 is 10.8 Å². The van der Waals surface area contributed by atoms with E-state index in [0.717, 1.165) is 32.8 Å². The third-order valence-corrected chi connectivity index (χ3v) is 4.86. The molecular formula is C23H15ClN4O. The van der Waals surface area contributed by atoms with Crippen LogP contribution in [0.15, 0.2) is 94.7 Å². The molecule has 0 amide bonds. The first-order chi connectivity index (χ1) is 14.3. The number of fused-ring (bicyclic) bond motifs is 2. The van der Waals surface area contributed by atoms with E-state index in [9.17, 15) is 0 Å². The van der Waals surface area contributed by atoms with Gasteiger partial charge in [0.25, 0.3) is 0 Å². The van der Waals surface area contributed by atoms with E-state index in [1.807, 2.05) is 78.9 Å². The van der Waals surface area contributed by atoms with Crippen molar-refractivity contribution in [1.82, 2.24) is 9.97 Å². The largest absolute Gasteiger partial charge is 0.456 e. The highest BCUT2D eigenvalue weighted by Crippen LogP contribution is 2.24. The molecule has 0 spiro atoms. The molecule has 2 aromatic heterocycles. The van der Waals surface area contributed by atoms with Crippen molar-refractivity contribution in [3.63, 3.8) is 0 Å². The maximum absolute atomic E-state index is 6.09. The quantitative estimate of drug-likeness (QED) is 0.400. The van der Waals surface area contributed by atoms with Crippen LogP contribution in [0.5, 0.6) is 0 Å². The fourth-order valence-electron chi connectivity index (χ4n) is 3.17. The standard InChI is InChI=1S/C23H15ClN4O/c24-16-11-9-15(10-12-16)22-13-20(17-5-2-4-8-21(17)29-22)27-28-23-18-6-1-3-7-19(18)25-14-26-23/h1-14H,(H,25,26,28). The van der Waals surface area contributed by atoms with Crippen molar-refractivity contribution in [2.24, 2.45) is 5.10 Å². The molecule has 6 heteroatoms. The zero-order valence-corrected chi connectivity index (χ0v) is 16.0. The highest BCUT2D eigenvalue weighted by molar-refractivity contribution is 6.30. The highest BCUT2D eigenvalue weighted by Gasteiger charge is 2.07. The van der Waals surface area contributed by atoms with Gasteiger partial charge in [-0.1, -0.05) is 35.9 Å². The summed E-state index contributed by atoms with van der Waals surface area (Å²) < 4.78 is 6.09. The van der Waals surface area contributed by atoms with Gasteiger partial charge in [0.1, 0.15) is 17.7 Å². The molecule has 0 aliphatic rings. The predicted octanol–water partition coefficient (Wildman–Crippen LogP) is 5.62. The number of hydrogen-bond donors (Lipinski definition) is 1. The van der Waals surface area contributed by atoms with Crippen molar-refractivity contribution < 1.29 is 4.42 Å². The van der Waals surface area contributed by atoms with Gasteiger partial charge in [0.2, 0.25) is 0 Å². The van der Waals surface area contributed by atoms with Gasteiger partial charge in [-0.3, -0.25) is 5.43 Å². The fourth-order valence-corrected chi connectivity index (χ4v) is 3.30. The highest BCUT2D eigenvalue weighted by atomic mass is 35.5. The molecule has 29 heavy (non-hydrogen) atoms. The first-order valence-electron chi connectivity index (χ1n) is 9.06. The van der Waals surface area contributed by atoms with Gasteiger partial charge in [0.15, 0.2) is 5.82 Å². The molecule has 5 aromatic rings. The summed E-state index contributed by atoms with van der Waals surface area (Å²) >= 11 is 6.02. The molecule has 5 nitrogen and oxygen atoms in total. The average molecular weight is 399 g/mol. The van der Waals surface area contributed by atoms with Crippen LogP contribution in [0.25, 0.3) is 33.2 Å². The van der Waals surface area contributed by atoms with E-state index in [-0.39, 0.29) is 0 Å². The van der Waals surface area contributed by atoms with E-state index >= 15 is 0 Å². The summed E-state index contributed by atoms with van der Waals surface area (Å²) in [5.41, 5.74) is 5.62. The molecule has 0 bridgehead atoms. The predicted molar refractivity (Wildman–Crippen MR) is 115 cm³/mol. The molecule has 0 unspecified atom stereocenters. The summed E-state index contributed by atoms with van der Waals surface area (Å²) in [5, 5.41) is 7.86. The van der Waals surface area contributed by atoms with Gasteiger partial charge < -0.3 is 4.42 Å². The summed E-state index contributed by atoms with van der Waals surface area (Å²) in [7, 11) is 0. The summed E-state index contributed by atoms with van der Waals surface area (Å²) in [6, 6.07) is 25.0. The van der Waals surface area contributed by atoms with Gasteiger partial charge in [0.05, 0.1) is 10.9 Å². The van der Waals surface area contributed by atoms with Crippen LogP contribution in [0.4, 0.5) is 5.82 Å². The maximum atomic E-state index is 6.09. The van der Waals surface area contributed by atoms with Crippen LogP contribution in [0.1, 0.15) is 0 Å². The van der Waals surface area contributed by atoms with Crippen molar-refractivity contribution in [2.75, 3.05) is 5.43 Å². The summed E-state index contributed by atoms with van der Waals surface area (Å²) in [4.78, 5) is 8.63. The lowest BCUT2D eigenvalue weighted by Gasteiger charge is -2.06. The number of benzene rings is 3. The maximum Gasteiger partial charge on any atom is 0.157 e. The minimum Gasteiger partial charge on any atom is -0.456 e. The Hall–Kier alpha value is -3.70. The number of halogens is 1. The average Bonchev–Trinajstić information content (AvgIpc) is 2.78. The molecule has 0 fully saturated rings. The summed E-state index contributed by atoms with van der Waals surface area (Å²) in [5.74, 6) is 1.35. The normalized spacial score (nSPS) is 11.8. The number of para-hydroxylation sites is 2. The number of hydrogen-bond acceptors (Lipinski definition) is 5. The molecule has 140 valence electrons. The van der Waals surface area contributed by atoms with E-state index in [2.05, 4.69) is 20.5 Å². The second-order valence-corrected chi connectivity index (χ2v) is 6.90. The lowest BCUT2D eigenvalue weighted by Crippen LogP contribution is -2.08. The van der Waals surface area contributed by atoms with Crippen molar-refractivity contribution in [3.05, 3.63) is 95.6 Å². The van der Waals surface area contributed by atoms with Gasteiger partial charge >= 0.3 is 0 Å². The van der Waals surface area contributed by atoms with E-state index in [1.165, 1.54) is 6.33 Å². The molecule has 0 aliphatic carbocycles. The Bertz CT molecular complexity index is 1390. The Kier molecular flexibility index (Phi) is 4.42. The van der Waals surface area contributed by atoms with Crippen molar-refractivity contribution in [3.8, 4) is 11.3 Å². The molecule has 0 radical (unpaired) electrons. The zero-order valence-electron chi connectivity index (χ0n) is 15.2. The number of nitrogens with zero attached hydrogens (tertiary/aromatic N) is 3. The van der Waals surface area contributed by atoms with E-state index < -0.39 is 0 Å². The SMILES string of the molecule is Clc1ccc(-c2cc(=NNc3ncnc4ccccc34)c3ccccc3o2)cc1. The number of nitrogens with one attached hydrogen (secondary N) is 1. The van der Waals surface area contributed by atoms with E-state index in [4.69, 9.17) is 16.0 Å². The first kappa shape index (κ1) is 17.4. The van der Waals surface area contributed by atoms with E-state index in [1.54, 1.807) is 0 Å². The Labute approximate surface area is 171 Å². The van der Waals surface area contributed by atoms with Crippen LogP contribution >= 0.6 is 11.6 Å². The Morgan fingerprint density at radius 3 is 2.45 bits per heavy atom. The molecule has 1 N–H and O–H groups in total. The fraction of sp³-hybridized carbons (Fsp3) is 0.